The van der Waals surface area contributed by atoms with Crippen LogP contribution in [0.5, 0.6) is 0 Å². The van der Waals surface area contributed by atoms with Crippen LogP contribution in [-0.2, 0) is 6.42 Å². The molecule has 1 aromatic rings. The number of hydrogen-bond donors (Lipinski definition) is 1. The second kappa shape index (κ2) is 4.93. The van der Waals surface area contributed by atoms with Crippen molar-refractivity contribution in [2.45, 2.75) is 32.8 Å². The lowest BCUT2D eigenvalue weighted by Crippen LogP contribution is -2.20. The normalized spacial score (nSPS) is 23.8. The highest BCUT2D eigenvalue weighted by atomic mass is 16.5. The highest BCUT2D eigenvalue weighted by molar-refractivity contribution is 4.91. The Hall–Kier alpha value is -0.940. The average Bonchev–Trinajstić information content (AvgIpc) is 2.87. The molecule has 0 saturated carbocycles. The number of aliphatic hydroxyl groups excluding tert-OH is 1. The molecule has 1 aliphatic heterocycles. The van der Waals surface area contributed by atoms with Crippen LogP contribution in [0.4, 0.5) is 0 Å². The predicted octanol–water partition coefficient (Wildman–Crippen LogP) is 1.01. The molecule has 1 N–H and O–H groups in total. The van der Waals surface area contributed by atoms with Gasteiger partial charge in [0.25, 0.3) is 0 Å². The lowest BCUT2D eigenvalue weighted by Gasteiger charge is -2.11. The van der Waals surface area contributed by atoms with Gasteiger partial charge in [-0.2, -0.15) is 4.98 Å². The molecule has 2 atom stereocenters. The van der Waals surface area contributed by atoms with Crippen LogP contribution >= 0.6 is 0 Å². The van der Waals surface area contributed by atoms with Gasteiger partial charge in [0.15, 0.2) is 5.82 Å². The first-order valence-corrected chi connectivity index (χ1v) is 5.92. The van der Waals surface area contributed by atoms with E-state index in [9.17, 15) is 5.11 Å². The Bertz CT molecular complexity index is 338. The van der Waals surface area contributed by atoms with Gasteiger partial charge in [0.05, 0.1) is 0 Å². The van der Waals surface area contributed by atoms with Crippen molar-refractivity contribution in [3.8, 4) is 0 Å². The zero-order valence-corrected chi connectivity index (χ0v) is 9.89. The summed E-state index contributed by atoms with van der Waals surface area (Å²) in [6.45, 7) is 7.21. The Labute approximate surface area is 95.4 Å². The van der Waals surface area contributed by atoms with E-state index in [4.69, 9.17) is 4.52 Å². The molecular weight excluding hydrogens is 206 g/mol. The second-order valence-corrected chi connectivity index (χ2v) is 4.47. The van der Waals surface area contributed by atoms with Crippen LogP contribution in [0, 0.1) is 5.92 Å². The topological polar surface area (TPSA) is 62.4 Å². The van der Waals surface area contributed by atoms with Gasteiger partial charge in [-0.25, -0.2) is 0 Å². The molecule has 1 saturated heterocycles. The van der Waals surface area contributed by atoms with Crippen molar-refractivity contribution in [3.63, 3.8) is 0 Å². The van der Waals surface area contributed by atoms with E-state index in [0.29, 0.717) is 17.6 Å². The molecule has 0 radical (unpaired) electrons. The molecule has 0 aliphatic carbocycles. The summed E-state index contributed by atoms with van der Waals surface area (Å²) >= 11 is 0. The monoisotopic (exact) mass is 225 g/mol. The molecule has 0 bridgehead atoms. The van der Waals surface area contributed by atoms with Crippen LogP contribution in [-0.4, -0.2) is 39.8 Å². The van der Waals surface area contributed by atoms with E-state index in [1.54, 1.807) is 6.92 Å². The maximum atomic E-state index is 9.28. The predicted molar refractivity (Wildman–Crippen MR) is 58.9 cm³/mol. The minimum atomic E-state index is -0.645. The third-order valence-corrected chi connectivity index (χ3v) is 3.14. The molecule has 0 spiro atoms. The molecule has 0 amide bonds. The van der Waals surface area contributed by atoms with Crippen molar-refractivity contribution in [2.75, 3.05) is 19.6 Å². The number of likely N-dealkylation sites (tertiary alicyclic amines) is 1. The van der Waals surface area contributed by atoms with Crippen molar-refractivity contribution in [3.05, 3.63) is 11.7 Å². The van der Waals surface area contributed by atoms with E-state index in [0.717, 1.165) is 19.5 Å². The second-order valence-electron chi connectivity index (χ2n) is 4.47. The van der Waals surface area contributed by atoms with Gasteiger partial charge in [-0.05, 0) is 32.4 Å². The molecule has 90 valence electrons. The molecular formula is C11H19N3O2. The van der Waals surface area contributed by atoms with Crippen molar-refractivity contribution < 1.29 is 9.63 Å². The van der Waals surface area contributed by atoms with Crippen LogP contribution in [0.25, 0.3) is 0 Å². The largest absolute Gasteiger partial charge is 0.385 e. The van der Waals surface area contributed by atoms with Gasteiger partial charge in [-0.1, -0.05) is 12.1 Å². The molecule has 0 aromatic carbocycles. The fourth-order valence-corrected chi connectivity index (χ4v) is 2.13. The summed E-state index contributed by atoms with van der Waals surface area (Å²) in [7, 11) is 0. The Morgan fingerprint density at radius 3 is 3.00 bits per heavy atom. The van der Waals surface area contributed by atoms with Gasteiger partial charge in [-0.15, -0.1) is 0 Å². The molecule has 2 unspecified atom stereocenters. The van der Waals surface area contributed by atoms with Gasteiger partial charge in [0.1, 0.15) is 6.10 Å². The van der Waals surface area contributed by atoms with E-state index in [2.05, 4.69) is 22.0 Å². The van der Waals surface area contributed by atoms with Crippen LogP contribution in [0.3, 0.4) is 0 Å². The zero-order valence-electron chi connectivity index (χ0n) is 9.89. The van der Waals surface area contributed by atoms with Crippen LogP contribution in [0.1, 0.15) is 38.1 Å². The minimum Gasteiger partial charge on any atom is -0.385 e. The van der Waals surface area contributed by atoms with Crippen LogP contribution in [0.2, 0.25) is 0 Å². The molecule has 2 rings (SSSR count). The third kappa shape index (κ3) is 2.59. The van der Waals surface area contributed by atoms with E-state index in [1.807, 2.05) is 0 Å². The van der Waals surface area contributed by atoms with Crippen molar-refractivity contribution in [1.29, 1.82) is 0 Å². The molecule has 5 heteroatoms. The smallest absolute Gasteiger partial charge is 0.227 e. The number of rotatable bonds is 4. The Morgan fingerprint density at radius 1 is 1.62 bits per heavy atom. The first-order valence-electron chi connectivity index (χ1n) is 5.92. The van der Waals surface area contributed by atoms with Gasteiger partial charge >= 0.3 is 0 Å². The first-order chi connectivity index (χ1) is 7.69. The number of hydrogen-bond acceptors (Lipinski definition) is 5. The highest BCUT2D eigenvalue weighted by Crippen LogP contribution is 2.20. The Morgan fingerprint density at radius 2 is 2.44 bits per heavy atom. The van der Waals surface area contributed by atoms with Crippen molar-refractivity contribution >= 4 is 0 Å². The number of nitrogens with zero attached hydrogens (tertiary/aromatic N) is 3. The lowest BCUT2D eigenvalue weighted by molar-refractivity contribution is 0.184. The van der Waals surface area contributed by atoms with E-state index in [-0.39, 0.29) is 0 Å². The van der Waals surface area contributed by atoms with Gasteiger partial charge in [-0.3, -0.25) is 0 Å². The average molecular weight is 225 g/mol. The molecule has 1 aromatic heterocycles. The zero-order chi connectivity index (χ0) is 11.5. The SMILES string of the molecule is CCN1CCC(Cc2nc(C(C)O)no2)C1. The summed E-state index contributed by atoms with van der Waals surface area (Å²) in [4.78, 5) is 6.61. The fourth-order valence-electron chi connectivity index (χ4n) is 2.13. The Balaban J connectivity index is 1.89. The Kier molecular flexibility index (Phi) is 3.56. The lowest BCUT2D eigenvalue weighted by atomic mass is 10.1. The van der Waals surface area contributed by atoms with Crippen molar-refractivity contribution in [1.82, 2.24) is 15.0 Å². The summed E-state index contributed by atoms with van der Waals surface area (Å²) in [5, 5.41) is 13.0. The first kappa shape index (κ1) is 11.5. The summed E-state index contributed by atoms with van der Waals surface area (Å²) < 4.78 is 5.12. The molecule has 1 fully saturated rings. The van der Waals surface area contributed by atoms with Gasteiger partial charge in [0.2, 0.25) is 5.89 Å². The van der Waals surface area contributed by atoms with Crippen molar-refractivity contribution in [2.24, 2.45) is 5.92 Å². The minimum absolute atomic E-state index is 0.389. The third-order valence-electron chi connectivity index (χ3n) is 3.14. The maximum Gasteiger partial charge on any atom is 0.227 e. The summed E-state index contributed by atoms with van der Waals surface area (Å²) in [6.07, 6.45) is 1.38. The summed E-state index contributed by atoms with van der Waals surface area (Å²) in [6, 6.07) is 0. The van der Waals surface area contributed by atoms with Crippen LogP contribution < -0.4 is 0 Å². The standard InChI is InChI=1S/C11H19N3O2/c1-3-14-5-4-9(7-14)6-10-12-11(8(2)15)13-16-10/h8-9,15H,3-7H2,1-2H3. The summed E-state index contributed by atoms with van der Waals surface area (Å²) in [5.41, 5.74) is 0. The number of aromatic nitrogens is 2. The fraction of sp³-hybridized carbons (Fsp3) is 0.818. The summed E-state index contributed by atoms with van der Waals surface area (Å²) in [5.74, 6) is 1.65. The van der Waals surface area contributed by atoms with Gasteiger partial charge < -0.3 is 14.5 Å². The molecule has 2 heterocycles. The van der Waals surface area contributed by atoms with E-state index in [1.165, 1.54) is 13.0 Å². The van der Waals surface area contributed by atoms with E-state index >= 15 is 0 Å². The molecule has 1 aliphatic rings. The van der Waals surface area contributed by atoms with Gasteiger partial charge in [0, 0.05) is 13.0 Å². The quantitative estimate of drug-likeness (QED) is 0.828. The molecule has 16 heavy (non-hydrogen) atoms. The number of aliphatic hydroxyl groups is 1. The van der Waals surface area contributed by atoms with Crippen LogP contribution in [0.15, 0.2) is 4.52 Å². The maximum absolute atomic E-state index is 9.28. The highest BCUT2D eigenvalue weighted by Gasteiger charge is 2.23. The van der Waals surface area contributed by atoms with E-state index < -0.39 is 6.10 Å². The molecule has 5 nitrogen and oxygen atoms in total.